The number of phenols is 2. The number of hydrogen-bond acceptors (Lipinski definition) is 3. The Labute approximate surface area is 73.1 Å². The van der Waals surface area contributed by atoms with Crippen LogP contribution in [0, 0.1) is 0 Å². The van der Waals surface area contributed by atoms with Crippen LogP contribution in [0.1, 0.15) is 0 Å². The summed E-state index contributed by atoms with van der Waals surface area (Å²) < 4.78 is 0. The van der Waals surface area contributed by atoms with Crippen LogP contribution in [0.4, 0.5) is 0 Å². The van der Waals surface area contributed by atoms with E-state index in [4.69, 9.17) is 5.11 Å². The van der Waals surface area contributed by atoms with Crippen molar-refractivity contribution < 1.29 is 10.2 Å². The number of nitrogens with one attached hydrogen (secondary N) is 1. The van der Waals surface area contributed by atoms with Crippen molar-refractivity contribution in [3.05, 3.63) is 34.7 Å². The van der Waals surface area contributed by atoms with E-state index in [1.807, 2.05) is 0 Å². The van der Waals surface area contributed by atoms with Gasteiger partial charge in [0.2, 0.25) is 0 Å². The van der Waals surface area contributed by atoms with Crippen molar-refractivity contribution in [2.24, 2.45) is 0 Å². The van der Waals surface area contributed by atoms with Crippen LogP contribution in [-0.4, -0.2) is 15.2 Å². The van der Waals surface area contributed by atoms with E-state index >= 15 is 0 Å². The molecule has 0 unspecified atom stereocenters. The smallest absolute Gasteiger partial charge is 0.255 e. The van der Waals surface area contributed by atoms with Crippen molar-refractivity contribution in [3.63, 3.8) is 0 Å². The lowest BCUT2D eigenvalue weighted by Gasteiger charge is -2.00. The number of hydrogen-bond donors (Lipinski definition) is 3. The molecule has 4 heteroatoms. The van der Waals surface area contributed by atoms with Gasteiger partial charge in [-0.15, -0.1) is 0 Å². The van der Waals surface area contributed by atoms with Gasteiger partial charge in [-0.05, 0) is 18.2 Å². The van der Waals surface area contributed by atoms with Gasteiger partial charge in [-0.2, -0.15) is 0 Å². The quantitative estimate of drug-likeness (QED) is 0.524. The Bertz CT molecular complexity index is 516. The third-order valence-electron chi connectivity index (χ3n) is 1.90. The number of H-pyrrole nitrogens is 1. The van der Waals surface area contributed by atoms with Crippen LogP contribution in [0.3, 0.4) is 0 Å². The average Bonchev–Trinajstić information content (AvgIpc) is 2.12. The van der Waals surface area contributed by atoms with Gasteiger partial charge in [0.15, 0.2) is 11.5 Å². The van der Waals surface area contributed by atoms with E-state index < -0.39 is 0 Å². The molecule has 3 N–H and O–H groups in total. The Kier molecular flexibility index (Phi) is 1.48. The monoisotopic (exact) mass is 177 g/mol. The maximum Gasteiger partial charge on any atom is 0.255 e. The second-order valence-electron chi connectivity index (χ2n) is 2.70. The number of aromatic amines is 1. The highest BCUT2D eigenvalue weighted by Gasteiger charge is 2.06. The number of aromatic hydroxyl groups is 2. The normalized spacial score (nSPS) is 10.5. The Hall–Kier alpha value is -1.97. The van der Waals surface area contributed by atoms with Crippen LogP contribution in [-0.2, 0) is 0 Å². The summed E-state index contributed by atoms with van der Waals surface area (Å²) in [6.07, 6.45) is 1.42. The van der Waals surface area contributed by atoms with Crippen molar-refractivity contribution in [2.45, 2.75) is 0 Å². The molecule has 2 aromatic rings. The number of phenolic OH excluding ortho intramolecular Hbond substituents is 2. The van der Waals surface area contributed by atoms with Crippen LogP contribution in [0.2, 0.25) is 0 Å². The van der Waals surface area contributed by atoms with Crippen LogP contribution in [0.15, 0.2) is 29.2 Å². The van der Waals surface area contributed by atoms with Crippen molar-refractivity contribution in [3.8, 4) is 11.5 Å². The molecular weight excluding hydrogens is 170 g/mol. The van der Waals surface area contributed by atoms with Gasteiger partial charge in [0.1, 0.15) is 0 Å². The maximum absolute atomic E-state index is 11.2. The fraction of sp³-hybridized carbons (Fsp3) is 0. The van der Waals surface area contributed by atoms with Gasteiger partial charge < -0.3 is 15.2 Å². The first kappa shape index (κ1) is 7.67. The van der Waals surface area contributed by atoms with E-state index in [0.29, 0.717) is 10.8 Å². The molecule has 0 saturated carbocycles. The molecule has 0 saturated heterocycles. The van der Waals surface area contributed by atoms with Gasteiger partial charge in [0, 0.05) is 11.6 Å². The molecule has 1 aromatic heterocycles. The fourth-order valence-electron chi connectivity index (χ4n) is 1.24. The molecule has 0 aliphatic heterocycles. The second-order valence-corrected chi connectivity index (χ2v) is 2.70. The minimum absolute atomic E-state index is 0.224. The van der Waals surface area contributed by atoms with Crippen LogP contribution in [0.5, 0.6) is 11.5 Å². The molecule has 0 fully saturated rings. The first-order chi connectivity index (χ1) is 6.20. The van der Waals surface area contributed by atoms with E-state index in [1.165, 1.54) is 24.4 Å². The molecule has 0 amide bonds. The first-order valence-electron chi connectivity index (χ1n) is 3.72. The predicted octanol–water partition coefficient (Wildman–Crippen LogP) is 0.939. The van der Waals surface area contributed by atoms with E-state index in [0.717, 1.165) is 0 Å². The molecule has 0 radical (unpaired) electrons. The van der Waals surface area contributed by atoms with Gasteiger partial charge >= 0.3 is 0 Å². The first-order valence-corrected chi connectivity index (χ1v) is 3.72. The zero-order valence-corrected chi connectivity index (χ0v) is 6.61. The molecule has 0 spiro atoms. The van der Waals surface area contributed by atoms with Gasteiger partial charge in [-0.25, -0.2) is 0 Å². The number of rotatable bonds is 0. The van der Waals surface area contributed by atoms with E-state index in [9.17, 15) is 9.90 Å². The van der Waals surface area contributed by atoms with E-state index in [2.05, 4.69) is 4.98 Å². The highest BCUT2D eigenvalue weighted by molar-refractivity contribution is 5.89. The third kappa shape index (κ3) is 1.03. The molecule has 1 heterocycles. The van der Waals surface area contributed by atoms with Crippen molar-refractivity contribution in [1.29, 1.82) is 0 Å². The van der Waals surface area contributed by atoms with Crippen LogP contribution >= 0.6 is 0 Å². The molecule has 0 bridgehead atoms. The number of benzene rings is 1. The molecule has 0 aliphatic rings. The summed E-state index contributed by atoms with van der Waals surface area (Å²) in [5, 5.41) is 19.2. The van der Waals surface area contributed by atoms with Crippen molar-refractivity contribution in [1.82, 2.24) is 4.98 Å². The summed E-state index contributed by atoms with van der Waals surface area (Å²) in [5.74, 6) is -0.485. The van der Waals surface area contributed by atoms with Crippen molar-refractivity contribution >= 4 is 10.8 Å². The largest absolute Gasteiger partial charge is 0.504 e. The average molecular weight is 177 g/mol. The lowest BCUT2D eigenvalue weighted by molar-refractivity contribution is 0.408. The topological polar surface area (TPSA) is 73.3 Å². The van der Waals surface area contributed by atoms with Crippen LogP contribution < -0.4 is 5.56 Å². The SMILES string of the molecule is O=c1[nH]ccc2c(O)c(O)ccc12. The van der Waals surface area contributed by atoms with Gasteiger partial charge in [0.25, 0.3) is 5.56 Å². The molecule has 0 atom stereocenters. The van der Waals surface area contributed by atoms with E-state index in [-0.39, 0.29) is 17.1 Å². The number of fused-ring (bicyclic) bond motifs is 1. The van der Waals surface area contributed by atoms with Crippen molar-refractivity contribution in [2.75, 3.05) is 0 Å². The Morgan fingerprint density at radius 3 is 2.62 bits per heavy atom. The zero-order chi connectivity index (χ0) is 9.42. The summed E-state index contributed by atoms with van der Waals surface area (Å²) in [6.45, 7) is 0. The minimum Gasteiger partial charge on any atom is -0.504 e. The second kappa shape index (κ2) is 2.52. The standard InChI is InChI=1S/C9H7NO3/c11-7-2-1-6-5(8(7)12)3-4-10-9(6)13/h1-4,11-12H,(H,10,13). The highest BCUT2D eigenvalue weighted by Crippen LogP contribution is 2.31. The lowest BCUT2D eigenvalue weighted by atomic mass is 10.1. The molecule has 4 nitrogen and oxygen atoms in total. The van der Waals surface area contributed by atoms with Gasteiger partial charge in [-0.3, -0.25) is 4.79 Å². The van der Waals surface area contributed by atoms with Gasteiger partial charge in [0.05, 0.1) is 5.39 Å². The lowest BCUT2D eigenvalue weighted by Crippen LogP contribution is -2.03. The Balaban J connectivity index is 3.03. The summed E-state index contributed by atoms with van der Waals surface area (Å²) in [4.78, 5) is 13.7. The molecule has 13 heavy (non-hydrogen) atoms. The number of pyridine rings is 1. The molecule has 66 valence electrons. The fourth-order valence-corrected chi connectivity index (χ4v) is 1.24. The Morgan fingerprint density at radius 1 is 1.08 bits per heavy atom. The van der Waals surface area contributed by atoms with Crippen LogP contribution in [0.25, 0.3) is 10.8 Å². The van der Waals surface area contributed by atoms with Gasteiger partial charge in [-0.1, -0.05) is 0 Å². The highest BCUT2D eigenvalue weighted by atomic mass is 16.3. The predicted molar refractivity (Wildman–Crippen MR) is 47.9 cm³/mol. The third-order valence-corrected chi connectivity index (χ3v) is 1.90. The number of aromatic nitrogens is 1. The molecular formula is C9H7NO3. The Morgan fingerprint density at radius 2 is 1.85 bits per heavy atom. The molecule has 2 rings (SSSR count). The molecule has 0 aliphatic carbocycles. The summed E-state index contributed by atoms with van der Waals surface area (Å²) in [5.41, 5.74) is -0.284. The summed E-state index contributed by atoms with van der Waals surface area (Å²) >= 11 is 0. The summed E-state index contributed by atoms with van der Waals surface area (Å²) in [6, 6.07) is 4.28. The molecule has 1 aromatic carbocycles. The summed E-state index contributed by atoms with van der Waals surface area (Å²) in [7, 11) is 0. The van der Waals surface area contributed by atoms with E-state index in [1.54, 1.807) is 0 Å². The maximum atomic E-state index is 11.2. The zero-order valence-electron chi connectivity index (χ0n) is 6.61. The minimum atomic E-state index is -0.284.